The minimum absolute atomic E-state index is 0.0913. The van der Waals surface area contributed by atoms with E-state index >= 15 is 0 Å². The van der Waals surface area contributed by atoms with Crippen molar-refractivity contribution >= 4 is 30.6 Å². The molecule has 0 spiro atoms. The summed E-state index contributed by atoms with van der Waals surface area (Å²) >= 11 is 5.01. The van der Waals surface area contributed by atoms with Crippen LogP contribution in [0.25, 0.3) is 0 Å². The Hall–Kier alpha value is 0.130. The van der Waals surface area contributed by atoms with Crippen LogP contribution in [-0.2, 0) is 8.98 Å². The van der Waals surface area contributed by atoms with Gasteiger partial charge in [-0.25, -0.2) is 4.79 Å². The zero-order valence-corrected chi connectivity index (χ0v) is 9.24. The predicted octanol–water partition coefficient (Wildman–Crippen LogP) is 1.23. The maximum atomic E-state index is 11.0. The zero-order valence-electron chi connectivity index (χ0n) is 7.53. The van der Waals surface area contributed by atoms with Crippen LogP contribution in [0.15, 0.2) is 0 Å². The molecule has 1 atom stereocenters. The Balaban J connectivity index is 3.72. The second kappa shape index (κ2) is 4.99. The Labute approximate surface area is 83.0 Å². The molecule has 72 valence electrons. The van der Waals surface area contributed by atoms with Crippen molar-refractivity contribution in [1.29, 1.82) is 0 Å². The van der Waals surface area contributed by atoms with Gasteiger partial charge in [0, 0.05) is 10.5 Å². The lowest BCUT2D eigenvalue weighted by atomic mass is 10.3. The Morgan fingerprint density at radius 1 is 1.67 bits per heavy atom. The van der Waals surface area contributed by atoms with Gasteiger partial charge in [0.25, 0.3) is 0 Å². The van der Waals surface area contributed by atoms with Crippen LogP contribution in [0, 0.1) is 0 Å². The van der Waals surface area contributed by atoms with E-state index in [2.05, 4.69) is 12.6 Å². The first-order chi connectivity index (χ1) is 5.37. The third-order valence-electron chi connectivity index (χ3n) is 0.873. The molecule has 2 N–H and O–H groups in total. The number of hydrogen-bond acceptors (Lipinski definition) is 5. The first-order valence-electron chi connectivity index (χ1n) is 3.63. The lowest BCUT2D eigenvalue weighted by molar-refractivity contribution is -0.134. The van der Waals surface area contributed by atoms with Crippen molar-refractivity contribution in [3.8, 4) is 0 Å². The summed E-state index contributed by atoms with van der Waals surface area (Å²) in [5.74, 6) is -0.103. The van der Waals surface area contributed by atoms with Crippen molar-refractivity contribution < 1.29 is 8.98 Å². The van der Waals surface area contributed by atoms with Crippen LogP contribution >= 0.6 is 24.7 Å². The molecular formula is C7H15NO2S2. The average Bonchev–Trinajstić information content (AvgIpc) is 1.97. The van der Waals surface area contributed by atoms with Crippen molar-refractivity contribution in [1.82, 2.24) is 0 Å². The topological polar surface area (TPSA) is 52.3 Å². The monoisotopic (exact) mass is 209 g/mol. The first-order valence-corrected chi connectivity index (χ1v) is 5.00. The largest absolute Gasteiger partial charge is 0.390 e. The summed E-state index contributed by atoms with van der Waals surface area (Å²) in [5.41, 5.74) is 5.38. The summed E-state index contributed by atoms with van der Waals surface area (Å²) in [7, 11) is 0. The number of carbonyl (C=O) groups is 1. The van der Waals surface area contributed by atoms with Crippen LogP contribution in [0.2, 0.25) is 0 Å². The second-order valence-corrected chi connectivity index (χ2v) is 5.31. The molecule has 12 heavy (non-hydrogen) atoms. The normalized spacial score (nSPS) is 14.1. The number of nitrogens with two attached hydrogens (primary N) is 1. The maximum Gasteiger partial charge on any atom is 0.335 e. The van der Waals surface area contributed by atoms with E-state index in [1.807, 2.05) is 20.8 Å². The number of carbonyl (C=O) groups excluding carboxylic acids is 1. The van der Waals surface area contributed by atoms with Gasteiger partial charge in [0.15, 0.2) is 0 Å². The highest BCUT2D eigenvalue weighted by Crippen LogP contribution is 2.24. The smallest absolute Gasteiger partial charge is 0.335 e. The van der Waals surface area contributed by atoms with Crippen molar-refractivity contribution in [2.75, 3.05) is 5.75 Å². The quantitative estimate of drug-likeness (QED) is 0.542. The predicted molar refractivity (Wildman–Crippen MR) is 55.3 cm³/mol. The molecule has 3 nitrogen and oxygen atoms in total. The number of rotatable bonds is 3. The van der Waals surface area contributed by atoms with E-state index in [9.17, 15) is 4.79 Å². The summed E-state index contributed by atoms with van der Waals surface area (Å²) in [6.07, 6.45) is 0. The zero-order chi connectivity index (χ0) is 9.78. The maximum absolute atomic E-state index is 11.0. The first kappa shape index (κ1) is 12.1. The molecule has 0 saturated heterocycles. The van der Waals surface area contributed by atoms with E-state index < -0.39 is 12.0 Å². The van der Waals surface area contributed by atoms with E-state index in [1.54, 1.807) is 0 Å². The van der Waals surface area contributed by atoms with Crippen LogP contribution in [-0.4, -0.2) is 22.5 Å². The van der Waals surface area contributed by atoms with Crippen molar-refractivity contribution in [3.63, 3.8) is 0 Å². The highest BCUT2D eigenvalue weighted by Gasteiger charge is 2.19. The van der Waals surface area contributed by atoms with Gasteiger partial charge in [-0.2, -0.15) is 12.6 Å². The van der Waals surface area contributed by atoms with Crippen LogP contribution in [0.3, 0.4) is 0 Å². The SMILES string of the molecule is CC(C)(C)SOC(=O)[C@@H](N)CS. The summed E-state index contributed by atoms with van der Waals surface area (Å²) in [6, 6.07) is -0.622. The fraction of sp³-hybridized carbons (Fsp3) is 0.857. The molecule has 0 radical (unpaired) electrons. The lowest BCUT2D eigenvalue weighted by Gasteiger charge is -2.16. The molecule has 0 aliphatic heterocycles. The summed E-state index contributed by atoms with van der Waals surface area (Å²) in [4.78, 5) is 11.0. The summed E-state index contributed by atoms with van der Waals surface area (Å²) < 4.78 is 4.77. The molecular weight excluding hydrogens is 194 g/mol. The Bertz CT molecular complexity index is 156. The van der Waals surface area contributed by atoms with Crippen LogP contribution in [0.4, 0.5) is 0 Å². The molecule has 0 heterocycles. The molecule has 0 rings (SSSR count). The highest BCUT2D eigenvalue weighted by molar-refractivity contribution is 7.96. The number of hydrogen-bond donors (Lipinski definition) is 2. The Kier molecular flexibility index (Phi) is 5.04. The average molecular weight is 209 g/mol. The van der Waals surface area contributed by atoms with Gasteiger partial charge in [-0.1, -0.05) is 0 Å². The van der Waals surface area contributed by atoms with Gasteiger partial charge >= 0.3 is 5.97 Å². The minimum atomic E-state index is -0.622. The van der Waals surface area contributed by atoms with E-state index in [4.69, 9.17) is 9.92 Å². The standard InChI is InChI=1S/C7H15NO2S2/c1-7(2,3)12-10-6(9)5(8)4-11/h5,11H,4,8H2,1-3H3/t5-/m0/s1. The van der Waals surface area contributed by atoms with Gasteiger partial charge in [-0.15, -0.1) is 0 Å². The fourth-order valence-electron chi connectivity index (χ4n) is 0.302. The Morgan fingerprint density at radius 3 is 2.50 bits per heavy atom. The molecule has 0 aliphatic carbocycles. The molecule has 0 bridgehead atoms. The molecule has 0 aromatic heterocycles. The Morgan fingerprint density at radius 2 is 2.17 bits per heavy atom. The van der Waals surface area contributed by atoms with E-state index in [0.717, 1.165) is 12.0 Å². The van der Waals surface area contributed by atoms with Gasteiger partial charge in [0.2, 0.25) is 0 Å². The van der Waals surface area contributed by atoms with Gasteiger partial charge in [0.1, 0.15) is 6.04 Å². The molecule has 0 fully saturated rings. The third-order valence-corrected chi connectivity index (χ3v) is 2.01. The third kappa shape index (κ3) is 5.74. The summed E-state index contributed by atoms with van der Waals surface area (Å²) in [5, 5.41) is 0. The molecule has 0 amide bonds. The molecule has 0 unspecified atom stereocenters. The van der Waals surface area contributed by atoms with Gasteiger partial charge in [0.05, 0.1) is 12.0 Å². The van der Waals surface area contributed by atoms with Crippen LogP contribution in [0.1, 0.15) is 20.8 Å². The van der Waals surface area contributed by atoms with E-state index in [1.165, 1.54) is 0 Å². The lowest BCUT2D eigenvalue weighted by Crippen LogP contribution is -2.33. The molecule has 5 heteroatoms. The molecule has 0 aromatic carbocycles. The van der Waals surface area contributed by atoms with Crippen molar-refractivity contribution in [2.24, 2.45) is 5.73 Å². The van der Waals surface area contributed by atoms with Gasteiger partial charge in [-0.05, 0) is 20.8 Å². The fourth-order valence-corrected chi connectivity index (χ4v) is 0.907. The number of thiol groups is 1. The second-order valence-electron chi connectivity index (χ2n) is 3.39. The molecule has 0 aromatic rings. The van der Waals surface area contributed by atoms with E-state index in [0.29, 0.717) is 5.75 Å². The molecule has 0 aliphatic rings. The van der Waals surface area contributed by atoms with Crippen molar-refractivity contribution in [2.45, 2.75) is 31.6 Å². The van der Waals surface area contributed by atoms with Gasteiger partial charge in [-0.3, -0.25) is 0 Å². The van der Waals surface area contributed by atoms with E-state index in [-0.39, 0.29) is 4.75 Å². The van der Waals surface area contributed by atoms with Crippen LogP contribution < -0.4 is 5.73 Å². The molecule has 0 saturated carbocycles. The highest BCUT2D eigenvalue weighted by atomic mass is 32.2. The van der Waals surface area contributed by atoms with Crippen molar-refractivity contribution in [3.05, 3.63) is 0 Å². The minimum Gasteiger partial charge on any atom is -0.390 e. The van der Waals surface area contributed by atoms with Crippen LogP contribution in [0.5, 0.6) is 0 Å². The van der Waals surface area contributed by atoms with Gasteiger partial charge < -0.3 is 9.92 Å². The summed E-state index contributed by atoms with van der Waals surface area (Å²) in [6.45, 7) is 5.87.